The number of ether oxygens (including phenoxy) is 1. The van der Waals surface area contributed by atoms with Crippen LogP contribution in [-0.4, -0.2) is 48.8 Å². The lowest BCUT2D eigenvalue weighted by molar-refractivity contribution is -0.140. The molecule has 0 aromatic rings. The molecule has 0 bridgehead atoms. The third-order valence-electron chi connectivity index (χ3n) is 3.18. The number of carboxylic acids is 1. The smallest absolute Gasteiger partial charge is 0.310 e. The van der Waals surface area contributed by atoms with Gasteiger partial charge in [0.1, 0.15) is 0 Å². The fourth-order valence-electron chi connectivity index (χ4n) is 2.23. The summed E-state index contributed by atoms with van der Waals surface area (Å²) in [6.45, 7) is 2.00. The number of amides is 1. The summed E-state index contributed by atoms with van der Waals surface area (Å²) in [5, 5.41) is 14.9. The quantitative estimate of drug-likeness (QED) is 0.589. The van der Waals surface area contributed by atoms with E-state index >= 15 is 0 Å². The lowest BCUT2D eigenvalue weighted by Gasteiger charge is -2.23. The summed E-state index contributed by atoms with van der Waals surface area (Å²) in [7, 11) is 0. The van der Waals surface area contributed by atoms with Crippen LogP contribution in [0.5, 0.6) is 0 Å². The Kier molecular flexibility index (Phi) is 4.33. The Labute approximate surface area is 105 Å². The number of carbonyl (C=O) groups excluding carboxylic acids is 1. The first-order valence-electron chi connectivity index (χ1n) is 6.17. The van der Waals surface area contributed by atoms with Crippen molar-refractivity contribution >= 4 is 11.9 Å². The fourth-order valence-corrected chi connectivity index (χ4v) is 2.23. The van der Waals surface area contributed by atoms with Crippen molar-refractivity contribution in [2.24, 2.45) is 5.92 Å². The number of morpholine rings is 1. The molecule has 2 rings (SSSR count). The Morgan fingerprint density at radius 1 is 1.44 bits per heavy atom. The fraction of sp³-hybridized carbons (Fsp3) is 0.667. The molecule has 1 aliphatic heterocycles. The second-order valence-corrected chi connectivity index (χ2v) is 4.67. The van der Waals surface area contributed by atoms with Gasteiger partial charge in [-0.25, -0.2) is 0 Å². The van der Waals surface area contributed by atoms with E-state index in [2.05, 4.69) is 10.6 Å². The van der Waals surface area contributed by atoms with Crippen molar-refractivity contribution in [3.05, 3.63) is 12.2 Å². The zero-order valence-electron chi connectivity index (χ0n) is 10.1. The van der Waals surface area contributed by atoms with Crippen molar-refractivity contribution in [2.75, 3.05) is 19.8 Å². The van der Waals surface area contributed by atoms with Gasteiger partial charge in [-0.2, -0.15) is 0 Å². The van der Waals surface area contributed by atoms with Gasteiger partial charge in [0.05, 0.1) is 19.1 Å². The van der Waals surface area contributed by atoms with E-state index in [1.165, 1.54) is 0 Å². The SMILES string of the molecule is O=C(CC1COCCN1)NC1C=CC(C(=O)O)C1. The van der Waals surface area contributed by atoms with Gasteiger partial charge < -0.3 is 20.5 Å². The molecule has 18 heavy (non-hydrogen) atoms. The van der Waals surface area contributed by atoms with Crippen LogP contribution in [-0.2, 0) is 14.3 Å². The number of hydrogen-bond acceptors (Lipinski definition) is 4. The summed E-state index contributed by atoms with van der Waals surface area (Å²) in [6, 6.07) is -0.109. The molecule has 0 aromatic carbocycles. The maximum Gasteiger partial charge on any atom is 0.310 e. The molecule has 1 saturated heterocycles. The molecule has 3 N–H and O–H groups in total. The molecule has 3 atom stereocenters. The summed E-state index contributed by atoms with van der Waals surface area (Å²) < 4.78 is 5.27. The van der Waals surface area contributed by atoms with Crippen LogP contribution in [0.25, 0.3) is 0 Å². The van der Waals surface area contributed by atoms with Crippen LogP contribution >= 0.6 is 0 Å². The molecule has 0 saturated carbocycles. The normalized spacial score (nSPS) is 31.2. The number of aliphatic carboxylic acids is 1. The van der Waals surface area contributed by atoms with Crippen LogP contribution in [0.2, 0.25) is 0 Å². The molecule has 0 radical (unpaired) electrons. The standard InChI is InChI=1S/C12H18N2O4/c15-11(6-10-7-18-4-3-13-10)14-9-2-1-8(5-9)12(16)17/h1-2,8-10,13H,3-7H2,(H,14,15)(H,16,17). The summed E-state index contributed by atoms with van der Waals surface area (Å²) in [5.74, 6) is -1.39. The van der Waals surface area contributed by atoms with E-state index in [1.54, 1.807) is 12.2 Å². The maximum absolute atomic E-state index is 11.8. The molecule has 1 amide bonds. The van der Waals surface area contributed by atoms with Crippen molar-refractivity contribution in [3.63, 3.8) is 0 Å². The van der Waals surface area contributed by atoms with E-state index in [4.69, 9.17) is 9.84 Å². The van der Waals surface area contributed by atoms with Gasteiger partial charge in [0.15, 0.2) is 0 Å². The van der Waals surface area contributed by atoms with Crippen LogP contribution in [0.1, 0.15) is 12.8 Å². The molecule has 6 nitrogen and oxygen atoms in total. The van der Waals surface area contributed by atoms with Crippen LogP contribution in [0.4, 0.5) is 0 Å². The predicted molar refractivity (Wildman–Crippen MR) is 64.0 cm³/mol. The zero-order valence-corrected chi connectivity index (χ0v) is 10.1. The van der Waals surface area contributed by atoms with Crippen molar-refractivity contribution in [3.8, 4) is 0 Å². The Morgan fingerprint density at radius 2 is 2.28 bits per heavy atom. The molecule has 1 aliphatic carbocycles. The molecule has 100 valence electrons. The van der Waals surface area contributed by atoms with E-state index in [0.717, 1.165) is 6.54 Å². The summed E-state index contributed by atoms with van der Waals surface area (Å²) >= 11 is 0. The van der Waals surface area contributed by atoms with Gasteiger partial charge in [-0.05, 0) is 6.42 Å². The highest BCUT2D eigenvalue weighted by molar-refractivity contribution is 5.78. The number of hydrogen-bond donors (Lipinski definition) is 3. The molecule has 3 unspecified atom stereocenters. The average molecular weight is 254 g/mol. The van der Waals surface area contributed by atoms with E-state index in [1.807, 2.05) is 0 Å². The number of nitrogens with one attached hydrogen (secondary N) is 2. The van der Waals surface area contributed by atoms with Gasteiger partial charge in [-0.1, -0.05) is 12.2 Å². The summed E-state index contributed by atoms with van der Waals surface area (Å²) in [6.07, 6.45) is 4.19. The predicted octanol–water partition coefficient (Wildman–Crippen LogP) is -0.490. The first-order valence-corrected chi connectivity index (χ1v) is 6.17. The minimum Gasteiger partial charge on any atom is -0.481 e. The second-order valence-electron chi connectivity index (χ2n) is 4.67. The summed E-state index contributed by atoms with van der Waals surface area (Å²) in [4.78, 5) is 22.5. The van der Waals surface area contributed by atoms with E-state index in [0.29, 0.717) is 26.1 Å². The molecular formula is C12H18N2O4. The first kappa shape index (κ1) is 13.0. The molecule has 1 heterocycles. The van der Waals surface area contributed by atoms with Gasteiger partial charge >= 0.3 is 5.97 Å². The minimum atomic E-state index is -0.842. The van der Waals surface area contributed by atoms with E-state index in [-0.39, 0.29) is 18.0 Å². The number of rotatable bonds is 4. The summed E-state index contributed by atoms with van der Waals surface area (Å²) in [5.41, 5.74) is 0. The van der Waals surface area contributed by atoms with Crippen molar-refractivity contribution in [1.29, 1.82) is 0 Å². The van der Waals surface area contributed by atoms with E-state index < -0.39 is 11.9 Å². The molecule has 1 fully saturated rings. The van der Waals surface area contributed by atoms with Gasteiger partial charge in [0, 0.05) is 25.0 Å². The lowest BCUT2D eigenvalue weighted by Crippen LogP contribution is -2.45. The first-order chi connectivity index (χ1) is 8.65. The van der Waals surface area contributed by atoms with Crippen molar-refractivity contribution in [2.45, 2.75) is 24.9 Å². The topological polar surface area (TPSA) is 87.7 Å². The molecule has 2 aliphatic rings. The Hall–Kier alpha value is -1.40. The molecular weight excluding hydrogens is 236 g/mol. The molecule has 6 heteroatoms. The van der Waals surface area contributed by atoms with Gasteiger partial charge in [0.2, 0.25) is 5.91 Å². The highest BCUT2D eigenvalue weighted by Crippen LogP contribution is 2.18. The average Bonchev–Trinajstić information content (AvgIpc) is 2.78. The third kappa shape index (κ3) is 3.54. The minimum absolute atomic E-state index is 0.0550. The van der Waals surface area contributed by atoms with Gasteiger partial charge in [-0.3, -0.25) is 9.59 Å². The zero-order chi connectivity index (χ0) is 13.0. The van der Waals surface area contributed by atoms with Gasteiger partial charge in [0.25, 0.3) is 0 Å². The van der Waals surface area contributed by atoms with Gasteiger partial charge in [-0.15, -0.1) is 0 Å². The van der Waals surface area contributed by atoms with Crippen molar-refractivity contribution < 1.29 is 19.4 Å². The van der Waals surface area contributed by atoms with Crippen LogP contribution < -0.4 is 10.6 Å². The third-order valence-corrected chi connectivity index (χ3v) is 3.18. The monoisotopic (exact) mass is 254 g/mol. The molecule has 0 aromatic heterocycles. The highest BCUT2D eigenvalue weighted by atomic mass is 16.5. The maximum atomic E-state index is 11.8. The molecule has 0 spiro atoms. The lowest BCUT2D eigenvalue weighted by atomic mass is 10.1. The van der Waals surface area contributed by atoms with Crippen molar-refractivity contribution in [1.82, 2.24) is 10.6 Å². The second kappa shape index (κ2) is 5.97. The van der Waals surface area contributed by atoms with Crippen LogP contribution in [0, 0.1) is 5.92 Å². The Morgan fingerprint density at radius 3 is 2.89 bits per heavy atom. The Balaban J connectivity index is 1.72. The van der Waals surface area contributed by atoms with Crippen LogP contribution in [0.15, 0.2) is 12.2 Å². The van der Waals surface area contributed by atoms with E-state index in [9.17, 15) is 9.59 Å². The highest BCUT2D eigenvalue weighted by Gasteiger charge is 2.26. The largest absolute Gasteiger partial charge is 0.481 e. The Bertz CT molecular complexity index is 350. The number of carbonyl (C=O) groups is 2. The van der Waals surface area contributed by atoms with Crippen LogP contribution in [0.3, 0.4) is 0 Å². The number of carboxylic acid groups (broad SMARTS) is 1.